The van der Waals surface area contributed by atoms with Crippen molar-refractivity contribution in [2.45, 2.75) is 63.6 Å². The minimum Gasteiger partial charge on any atom is -0.482 e. The van der Waals surface area contributed by atoms with Gasteiger partial charge in [-0.2, -0.15) is 0 Å². The summed E-state index contributed by atoms with van der Waals surface area (Å²) >= 11 is 0. The molecule has 5 atom stereocenters. The normalized spacial score (nSPS) is 29.9. The third-order valence-corrected chi connectivity index (χ3v) is 7.02. The van der Waals surface area contributed by atoms with Gasteiger partial charge in [0.05, 0.1) is 6.10 Å². The highest BCUT2D eigenvalue weighted by Gasteiger charge is 2.44. The van der Waals surface area contributed by atoms with Crippen LogP contribution in [0.1, 0.15) is 49.7 Å². The van der Waals surface area contributed by atoms with Crippen LogP contribution in [0.2, 0.25) is 0 Å². The Bertz CT molecular complexity index is 801. The molecule has 0 saturated heterocycles. The largest absolute Gasteiger partial charge is 0.482 e. The summed E-state index contributed by atoms with van der Waals surface area (Å²) in [5, 5.41) is 30.1. The second-order valence-electron chi connectivity index (χ2n) is 8.87. The van der Waals surface area contributed by atoms with E-state index >= 15 is 0 Å². The van der Waals surface area contributed by atoms with Gasteiger partial charge in [-0.1, -0.05) is 43.2 Å². The average Bonchev–Trinajstić information content (AvgIpc) is 3.03. The van der Waals surface area contributed by atoms with Gasteiger partial charge in [0.2, 0.25) is 0 Å². The van der Waals surface area contributed by atoms with Gasteiger partial charge in [-0.15, -0.1) is 0 Å². The van der Waals surface area contributed by atoms with E-state index in [0.29, 0.717) is 18.1 Å². The van der Waals surface area contributed by atoms with Crippen molar-refractivity contribution in [1.82, 2.24) is 0 Å². The first-order valence-electron chi connectivity index (χ1n) is 10.9. The van der Waals surface area contributed by atoms with E-state index in [0.717, 1.165) is 36.8 Å². The highest BCUT2D eigenvalue weighted by molar-refractivity contribution is 5.68. The van der Waals surface area contributed by atoms with E-state index in [1.54, 1.807) is 0 Å². The SMILES string of the molecule is O=C(O)COc1cccc2c1C[C@H]1C[C@@H](O)[C@H](C#C[C@@H](O)C3CCCCC3)[C@@H]1C2. The molecule has 0 amide bonds. The highest BCUT2D eigenvalue weighted by atomic mass is 16.5. The van der Waals surface area contributed by atoms with Crippen LogP contribution in [0.15, 0.2) is 18.2 Å². The maximum absolute atomic E-state index is 10.9. The van der Waals surface area contributed by atoms with Crippen molar-refractivity contribution in [3.63, 3.8) is 0 Å². The van der Waals surface area contributed by atoms with Crippen LogP contribution in [0, 0.1) is 35.5 Å². The number of carbonyl (C=O) groups is 1. The maximum Gasteiger partial charge on any atom is 0.341 e. The molecule has 5 nitrogen and oxygen atoms in total. The van der Waals surface area contributed by atoms with Crippen LogP contribution in [0.25, 0.3) is 0 Å². The fourth-order valence-electron chi connectivity index (χ4n) is 5.52. The molecule has 29 heavy (non-hydrogen) atoms. The van der Waals surface area contributed by atoms with Crippen LogP contribution in [0.4, 0.5) is 0 Å². The molecule has 3 aliphatic carbocycles. The van der Waals surface area contributed by atoms with Crippen molar-refractivity contribution in [2.75, 3.05) is 6.61 Å². The molecule has 5 heteroatoms. The molecule has 0 spiro atoms. The smallest absolute Gasteiger partial charge is 0.341 e. The van der Waals surface area contributed by atoms with Crippen LogP contribution in [-0.2, 0) is 17.6 Å². The standard InChI is InChI=1S/C24H30O5/c25-21(15-5-2-1-3-6-15)10-9-18-19-11-16-7-4-8-23(29-14-24(27)28)20(16)12-17(19)13-22(18)26/h4,7-8,15,17-19,21-22,25-26H,1-3,5-6,11-14H2,(H,27,28)/t17-,18+,19+,21+,22+/m0/s1. The number of carboxylic acids is 1. The summed E-state index contributed by atoms with van der Waals surface area (Å²) < 4.78 is 5.49. The van der Waals surface area contributed by atoms with Gasteiger partial charge in [0.15, 0.2) is 6.61 Å². The van der Waals surface area contributed by atoms with Gasteiger partial charge in [0, 0.05) is 5.92 Å². The molecule has 0 heterocycles. The first-order chi connectivity index (χ1) is 14.0. The summed E-state index contributed by atoms with van der Waals surface area (Å²) in [5.41, 5.74) is 2.22. The second kappa shape index (κ2) is 8.77. The number of ether oxygens (including phenoxy) is 1. The zero-order valence-electron chi connectivity index (χ0n) is 16.7. The third-order valence-electron chi connectivity index (χ3n) is 7.02. The minimum atomic E-state index is -0.987. The number of hydrogen-bond donors (Lipinski definition) is 3. The number of aliphatic hydroxyl groups excluding tert-OH is 2. The predicted molar refractivity (Wildman–Crippen MR) is 108 cm³/mol. The summed E-state index contributed by atoms with van der Waals surface area (Å²) in [6.45, 7) is -0.347. The summed E-state index contributed by atoms with van der Waals surface area (Å²) in [4.78, 5) is 10.9. The molecule has 3 N–H and O–H groups in total. The summed E-state index contributed by atoms with van der Waals surface area (Å²) in [7, 11) is 0. The van der Waals surface area contributed by atoms with Crippen molar-refractivity contribution in [3.05, 3.63) is 29.3 Å². The molecule has 1 aromatic rings. The van der Waals surface area contributed by atoms with Gasteiger partial charge in [0.25, 0.3) is 0 Å². The summed E-state index contributed by atoms with van der Waals surface area (Å²) in [6.07, 6.45) is 6.88. The number of benzene rings is 1. The molecule has 2 fully saturated rings. The zero-order valence-corrected chi connectivity index (χ0v) is 16.7. The van der Waals surface area contributed by atoms with Gasteiger partial charge < -0.3 is 20.1 Å². The lowest BCUT2D eigenvalue weighted by Gasteiger charge is -2.30. The fourth-order valence-corrected chi connectivity index (χ4v) is 5.52. The van der Waals surface area contributed by atoms with Crippen LogP contribution < -0.4 is 4.74 Å². The summed E-state index contributed by atoms with van der Waals surface area (Å²) in [6, 6.07) is 5.78. The number of hydrogen-bond acceptors (Lipinski definition) is 4. The van der Waals surface area contributed by atoms with Crippen molar-refractivity contribution >= 4 is 5.97 Å². The third kappa shape index (κ3) is 4.44. The van der Waals surface area contributed by atoms with Crippen molar-refractivity contribution < 1.29 is 24.9 Å². The molecule has 0 unspecified atom stereocenters. The molecular formula is C24H30O5. The van der Waals surface area contributed by atoms with E-state index in [9.17, 15) is 15.0 Å². The van der Waals surface area contributed by atoms with Crippen molar-refractivity contribution in [1.29, 1.82) is 0 Å². The Kier molecular flexibility index (Phi) is 6.12. The molecule has 1 aromatic carbocycles. The van der Waals surface area contributed by atoms with Crippen molar-refractivity contribution in [3.8, 4) is 17.6 Å². The number of rotatable bonds is 4. The van der Waals surface area contributed by atoms with Crippen molar-refractivity contribution in [2.24, 2.45) is 23.7 Å². The average molecular weight is 398 g/mol. The molecule has 3 aliphatic rings. The lowest BCUT2D eigenvalue weighted by molar-refractivity contribution is -0.139. The van der Waals surface area contributed by atoms with Gasteiger partial charge in [-0.05, 0) is 67.1 Å². The lowest BCUT2D eigenvalue weighted by Crippen LogP contribution is -2.27. The topological polar surface area (TPSA) is 87.0 Å². The Balaban J connectivity index is 1.49. The minimum absolute atomic E-state index is 0.116. The van der Waals surface area contributed by atoms with Gasteiger partial charge >= 0.3 is 5.97 Å². The Labute approximate surface area is 172 Å². The number of carboxylic acid groups (broad SMARTS) is 1. The molecule has 0 bridgehead atoms. The Morgan fingerprint density at radius 2 is 2.00 bits per heavy atom. The van der Waals surface area contributed by atoms with E-state index in [4.69, 9.17) is 9.84 Å². The van der Waals surface area contributed by atoms with E-state index in [-0.39, 0.29) is 24.4 Å². The lowest BCUT2D eigenvalue weighted by atomic mass is 9.74. The monoisotopic (exact) mass is 398 g/mol. The van der Waals surface area contributed by atoms with Crippen LogP contribution in [0.5, 0.6) is 5.75 Å². The highest BCUT2D eigenvalue weighted by Crippen LogP contribution is 2.46. The molecule has 0 radical (unpaired) electrons. The first kappa shape index (κ1) is 20.3. The van der Waals surface area contributed by atoms with Crippen LogP contribution >= 0.6 is 0 Å². The Morgan fingerprint density at radius 1 is 1.21 bits per heavy atom. The number of fused-ring (bicyclic) bond motifs is 2. The Hall–Kier alpha value is -2.03. The van der Waals surface area contributed by atoms with Gasteiger partial charge in [-0.3, -0.25) is 0 Å². The van der Waals surface area contributed by atoms with E-state index in [1.165, 1.54) is 19.3 Å². The van der Waals surface area contributed by atoms with E-state index in [1.807, 2.05) is 12.1 Å². The van der Waals surface area contributed by atoms with Gasteiger partial charge in [-0.25, -0.2) is 4.79 Å². The summed E-state index contributed by atoms with van der Waals surface area (Å²) in [5.74, 6) is 6.71. The predicted octanol–water partition coefficient (Wildman–Crippen LogP) is 2.81. The second-order valence-corrected chi connectivity index (χ2v) is 8.87. The Morgan fingerprint density at radius 3 is 2.76 bits per heavy atom. The molecule has 156 valence electrons. The fraction of sp³-hybridized carbons (Fsp3) is 0.625. The molecule has 0 aliphatic heterocycles. The van der Waals surface area contributed by atoms with Crippen LogP contribution in [0.3, 0.4) is 0 Å². The number of aliphatic hydroxyl groups is 2. The number of aliphatic carboxylic acids is 1. The molecule has 4 rings (SSSR count). The molecule has 0 aromatic heterocycles. The molecule has 2 saturated carbocycles. The quantitative estimate of drug-likeness (QED) is 0.679. The molecular weight excluding hydrogens is 368 g/mol. The van der Waals surface area contributed by atoms with Gasteiger partial charge in [0.1, 0.15) is 11.9 Å². The zero-order chi connectivity index (χ0) is 20.4. The first-order valence-corrected chi connectivity index (χ1v) is 10.9. The van der Waals surface area contributed by atoms with E-state index in [2.05, 4.69) is 17.9 Å². The van der Waals surface area contributed by atoms with E-state index < -0.39 is 18.2 Å². The van der Waals surface area contributed by atoms with Crippen LogP contribution in [-0.4, -0.2) is 40.1 Å². The maximum atomic E-state index is 10.9.